The number of unbranched alkanes of at least 4 members (excludes halogenated alkanes) is 10. The number of carboxylic acids is 2. The Kier molecular flexibility index (Phi) is 22.2. The molecule has 28 heavy (non-hydrogen) atoms. The van der Waals surface area contributed by atoms with Gasteiger partial charge in [-0.1, -0.05) is 71.1 Å². The van der Waals surface area contributed by atoms with Crippen molar-refractivity contribution in [1.82, 2.24) is 0 Å². The van der Waals surface area contributed by atoms with Crippen LogP contribution in [0.25, 0.3) is 0 Å². The number of hydrogen-bond acceptors (Lipinski definition) is 7. The van der Waals surface area contributed by atoms with Crippen LogP contribution >= 0.6 is 0 Å². The maximum absolute atomic E-state index is 11.3. The zero-order valence-corrected chi connectivity index (χ0v) is 22.2. The summed E-state index contributed by atoms with van der Waals surface area (Å²) in [6, 6.07) is 0. The first kappa shape index (κ1) is 33.4. The Morgan fingerprint density at radius 1 is 0.857 bits per heavy atom. The smallest absolute Gasteiger partial charge is 0.550 e. The number of carbonyl (C=O) groups excluding carboxylic acids is 2. The second-order valence-electron chi connectivity index (χ2n) is 6.45. The van der Waals surface area contributed by atoms with Crippen LogP contribution in [0.1, 0.15) is 84.0 Å². The van der Waals surface area contributed by atoms with Crippen molar-refractivity contribution in [2.45, 2.75) is 88.9 Å². The van der Waals surface area contributed by atoms with Crippen molar-refractivity contribution < 1.29 is 96.6 Å². The van der Waals surface area contributed by atoms with Crippen molar-refractivity contribution >= 4 is 22.1 Å². The molecule has 0 aromatic carbocycles. The molecule has 0 heterocycles. The number of hydrogen-bond donors (Lipinski definition) is 1. The van der Waals surface area contributed by atoms with Crippen LogP contribution in [0.4, 0.5) is 0 Å². The predicted molar refractivity (Wildman–Crippen MR) is 91.3 cm³/mol. The van der Waals surface area contributed by atoms with Crippen molar-refractivity contribution in [1.29, 1.82) is 0 Å². The molecule has 0 bridgehead atoms. The fourth-order valence-corrected chi connectivity index (χ4v) is 3.39. The fourth-order valence-electron chi connectivity index (χ4n) is 2.65. The summed E-state index contributed by atoms with van der Waals surface area (Å²) >= 11 is 0. The minimum Gasteiger partial charge on any atom is -0.550 e. The molecule has 0 saturated carbocycles. The van der Waals surface area contributed by atoms with Crippen LogP contribution in [-0.2, 0) is 24.4 Å². The summed E-state index contributed by atoms with van der Waals surface area (Å²) in [4.78, 5) is 18.4. The molecule has 8 nitrogen and oxygen atoms in total. The van der Waals surface area contributed by atoms with Gasteiger partial charge in [-0.2, -0.15) is 8.42 Å². The van der Waals surface area contributed by atoms with E-state index in [1.54, 1.807) is 0 Å². The van der Waals surface area contributed by atoms with Gasteiger partial charge in [-0.05, 0) is 6.42 Å². The predicted octanol–water partition coefficient (Wildman–Crippen LogP) is -5.20. The van der Waals surface area contributed by atoms with Crippen LogP contribution in [0, 0.1) is 0 Å². The second-order valence-corrected chi connectivity index (χ2v) is 8.06. The van der Waals surface area contributed by atoms with Gasteiger partial charge in [0.2, 0.25) is 4.93 Å². The average Bonchev–Trinajstić information content (AvgIpc) is 2.53. The molecule has 154 valence electrons. The van der Waals surface area contributed by atoms with Gasteiger partial charge in [-0.3, -0.25) is 4.55 Å². The van der Waals surface area contributed by atoms with E-state index in [1.807, 2.05) is 0 Å². The molecular weight excluding hydrogens is 410 g/mol. The van der Waals surface area contributed by atoms with Gasteiger partial charge in [0.25, 0.3) is 0 Å². The van der Waals surface area contributed by atoms with E-state index in [2.05, 4.69) is 6.92 Å². The van der Waals surface area contributed by atoms with E-state index < -0.39 is 33.4 Å². The quantitative estimate of drug-likeness (QED) is 0.134. The molecule has 11 heteroatoms. The van der Waals surface area contributed by atoms with Gasteiger partial charge in [0, 0.05) is 19.0 Å². The third-order valence-electron chi connectivity index (χ3n) is 4.19. The molecule has 1 unspecified atom stereocenters. The molecule has 0 spiro atoms. The molecule has 0 radical (unpaired) electrons. The topological polar surface area (TPSA) is 144 Å². The summed E-state index contributed by atoms with van der Waals surface area (Å²) < 4.78 is 36.4. The van der Waals surface area contributed by atoms with Crippen LogP contribution < -0.4 is 69.3 Å². The van der Waals surface area contributed by atoms with Gasteiger partial charge in [-0.25, -0.2) is 0 Å². The van der Waals surface area contributed by atoms with Crippen molar-refractivity contribution in [3.63, 3.8) is 0 Å². The molecule has 0 aliphatic rings. The summed E-state index contributed by atoms with van der Waals surface area (Å²) in [5, 5.41) is 21.7. The second kappa shape index (κ2) is 18.6. The molecule has 1 atom stereocenters. The monoisotopic (exact) mass is 440 g/mol. The minimum absolute atomic E-state index is 0. The summed E-state index contributed by atoms with van der Waals surface area (Å²) in [6.07, 6.45) is 9.88. The summed E-state index contributed by atoms with van der Waals surface area (Å²) in [6.45, 7) is 1.85. The molecule has 0 amide bonds. The third kappa shape index (κ3) is 13.9. The normalized spacial score (nSPS) is 13.1. The van der Waals surface area contributed by atoms with E-state index in [0.29, 0.717) is 12.8 Å². The Morgan fingerprint density at radius 3 is 1.57 bits per heavy atom. The molecule has 0 aromatic rings. The van der Waals surface area contributed by atoms with Crippen molar-refractivity contribution in [2.24, 2.45) is 0 Å². The average molecular weight is 440 g/mol. The zero-order valence-electron chi connectivity index (χ0n) is 17.4. The Bertz CT molecular complexity index is 527. The summed E-state index contributed by atoms with van der Waals surface area (Å²) in [5.74, 6) is -4.31. The van der Waals surface area contributed by atoms with Crippen molar-refractivity contribution in [3.8, 4) is 0 Å². The number of carbonyl (C=O) groups is 2. The van der Waals surface area contributed by atoms with Gasteiger partial charge >= 0.3 is 69.2 Å². The molecular formula is C17H30Na2O8S. The number of aliphatic carboxylic acids is 2. The maximum Gasteiger partial charge on any atom is 1.00 e. The van der Waals surface area contributed by atoms with Gasteiger partial charge in [0.05, 0.1) is 5.97 Å². The molecule has 0 aliphatic heterocycles. The molecule has 0 fully saturated rings. The van der Waals surface area contributed by atoms with Gasteiger partial charge in [0.15, 0.2) is 0 Å². The van der Waals surface area contributed by atoms with E-state index in [9.17, 15) is 28.2 Å². The molecule has 0 rings (SSSR count). The van der Waals surface area contributed by atoms with Gasteiger partial charge in [0.1, 0.15) is 0 Å². The number of ether oxygens (including phenoxy) is 1. The van der Waals surface area contributed by atoms with Gasteiger partial charge < -0.3 is 24.5 Å². The first-order valence-electron chi connectivity index (χ1n) is 9.19. The van der Waals surface area contributed by atoms with Gasteiger partial charge in [-0.15, -0.1) is 0 Å². The molecule has 0 aliphatic carbocycles. The zero-order chi connectivity index (χ0) is 20.1. The van der Waals surface area contributed by atoms with E-state index in [0.717, 1.165) is 19.3 Å². The Labute approximate surface area is 212 Å². The molecule has 0 saturated heterocycles. The third-order valence-corrected chi connectivity index (χ3v) is 5.45. The van der Waals surface area contributed by atoms with Crippen LogP contribution in [-0.4, -0.2) is 36.4 Å². The fraction of sp³-hybridized carbons (Fsp3) is 0.882. The molecule has 1 N–H and O–H groups in total. The molecule has 0 aromatic heterocycles. The largest absolute Gasteiger partial charge is 1.00 e. The number of rotatable bonds is 17. The first-order valence-corrected chi connectivity index (χ1v) is 10.6. The minimum atomic E-state index is -5.34. The Hall–Kier alpha value is 0.810. The van der Waals surface area contributed by atoms with Crippen LogP contribution in [0.15, 0.2) is 0 Å². The summed E-state index contributed by atoms with van der Waals surface area (Å²) in [7, 11) is -5.34. The standard InChI is InChI=1S/C17H32O8S.2Na/c1-2-3-4-5-6-7-8-9-10-11-12-13-25-17(16(20)21,14-15(18)19)26(22,23)24;;/h2-14H2,1H3,(H,18,19)(H,20,21)(H,22,23,24);;/q;2*+1/p-2. The van der Waals surface area contributed by atoms with Crippen LogP contribution in [0.5, 0.6) is 0 Å². The van der Waals surface area contributed by atoms with Crippen molar-refractivity contribution in [2.75, 3.05) is 6.61 Å². The van der Waals surface area contributed by atoms with E-state index in [1.165, 1.54) is 38.5 Å². The Balaban J connectivity index is -0.00000312. The first-order chi connectivity index (χ1) is 12.2. The van der Waals surface area contributed by atoms with Crippen molar-refractivity contribution in [3.05, 3.63) is 0 Å². The SMILES string of the molecule is CCCCCCCCCCCCCOC(CC(=O)[O-])(C(=O)[O-])S(=O)(=O)O.[Na+].[Na+]. The summed E-state index contributed by atoms with van der Waals surface area (Å²) in [5.41, 5.74) is 0. The van der Waals surface area contributed by atoms with E-state index in [4.69, 9.17) is 9.29 Å². The van der Waals surface area contributed by atoms with E-state index in [-0.39, 0.29) is 65.7 Å². The number of carboxylic acid groups (broad SMARTS) is 2. The Morgan fingerprint density at radius 2 is 1.25 bits per heavy atom. The van der Waals surface area contributed by atoms with Crippen LogP contribution in [0.2, 0.25) is 0 Å². The van der Waals surface area contributed by atoms with E-state index >= 15 is 0 Å². The van der Waals surface area contributed by atoms with Crippen LogP contribution in [0.3, 0.4) is 0 Å². The maximum atomic E-state index is 11.3.